The van der Waals surface area contributed by atoms with E-state index in [0.29, 0.717) is 17.8 Å². The summed E-state index contributed by atoms with van der Waals surface area (Å²) >= 11 is 0. The molecule has 0 bridgehead atoms. The molecule has 0 aliphatic heterocycles. The Morgan fingerprint density at radius 3 is 2.76 bits per heavy atom. The standard InChI is InChI=1S/C18H15N5O2/c24-18(9-16-15-3-1-2-4-17(15)25-22-16)21-14-7-5-13(6-8-14)10-23-12-19-11-20-23/h1-8,11-12H,9-10H2,(H,21,24). The zero-order chi connectivity index (χ0) is 17.1. The molecule has 7 heteroatoms. The summed E-state index contributed by atoms with van der Waals surface area (Å²) in [5, 5.41) is 11.8. The number of carbonyl (C=O) groups is 1. The van der Waals surface area contributed by atoms with E-state index in [-0.39, 0.29) is 12.3 Å². The predicted molar refractivity (Wildman–Crippen MR) is 91.9 cm³/mol. The molecule has 2 aromatic carbocycles. The summed E-state index contributed by atoms with van der Waals surface area (Å²) in [6, 6.07) is 15.1. The molecule has 124 valence electrons. The van der Waals surface area contributed by atoms with Crippen LogP contribution in [0.4, 0.5) is 5.69 Å². The van der Waals surface area contributed by atoms with Gasteiger partial charge in [-0.05, 0) is 29.8 Å². The smallest absolute Gasteiger partial charge is 0.230 e. The minimum absolute atomic E-state index is 0.136. The van der Waals surface area contributed by atoms with Crippen LogP contribution in [0.1, 0.15) is 11.3 Å². The molecule has 0 aliphatic rings. The lowest BCUT2D eigenvalue weighted by Crippen LogP contribution is -2.14. The normalized spacial score (nSPS) is 10.9. The Morgan fingerprint density at radius 1 is 1.12 bits per heavy atom. The van der Waals surface area contributed by atoms with Gasteiger partial charge in [0, 0.05) is 11.1 Å². The number of fused-ring (bicyclic) bond motifs is 1. The Balaban J connectivity index is 1.40. The van der Waals surface area contributed by atoms with E-state index in [1.807, 2.05) is 48.5 Å². The van der Waals surface area contributed by atoms with Crippen molar-refractivity contribution in [1.29, 1.82) is 0 Å². The first-order valence-corrected chi connectivity index (χ1v) is 7.82. The van der Waals surface area contributed by atoms with E-state index < -0.39 is 0 Å². The van der Waals surface area contributed by atoms with Crippen LogP contribution in [-0.2, 0) is 17.8 Å². The summed E-state index contributed by atoms with van der Waals surface area (Å²) in [5.74, 6) is -0.136. The maximum Gasteiger partial charge on any atom is 0.230 e. The molecule has 1 amide bonds. The number of aromatic nitrogens is 4. The SMILES string of the molecule is O=C(Cc1noc2ccccc12)Nc1ccc(Cn2cncn2)cc1. The second kappa shape index (κ2) is 6.56. The third kappa shape index (κ3) is 3.40. The van der Waals surface area contributed by atoms with Crippen molar-refractivity contribution in [3.05, 3.63) is 72.4 Å². The maximum absolute atomic E-state index is 12.2. The summed E-state index contributed by atoms with van der Waals surface area (Å²) in [6.07, 6.45) is 3.33. The van der Waals surface area contributed by atoms with Crippen LogP contribution in [0.3, 0.4) is 0 Å². The summed E-state index contributed by atoms with van der Waals surface area (Å²) in [6.45, 7) is 0.638. The van der Waals surface area contributed by atoms with Gasteiger partial charge in [0.15, 0.2) is 5.58 Å². The first-order chi connectivity index (χ1) is 12.3. The summed E-state index contributed by atoms with van der Waals surface area (Å²) < 4.78 is 6.96. The molecular weight excluding hydrogens is 318 g/mol. The monoisotopic (exact) mass is 333 g/mol. The van der Waals surface area contributed by atoms with Crippen LogP contribution >= 0.6 is 0 Å². The largest absolute Gasteiger partial charge is 0.356 e. The molecule has 2 aromatic heterocycles. The minimum atomic E-state index is -0.136. The molecule has 7 nitrogen and oxygen atoms in total. The average Bonchev–Trinajstić information content (AvgIpc) is 3.27. The van der Waals surface area contributed by atoms with Crippen LogP contribution in [-0.4, -0.2) is 25.8 Å². The van der Waals surface area contributed by atoms with Crippen molar-refractivity contribution in [3.63, 3.8) is 0 Å². The highest BCUT2D eigenvalue weighted by Gasteiger charge is 2.12. The number of hydrogen-bond donors (Lipinski definition) is 1. The number of nitrogens with zero attached hydrogens (tertiary/aromatic N) is 4. The number of hydrogen-bond acceptors (Lipinski definition) is 5. The summed E-state index contributed by atoms with van der Waals surface area (Å²) in [4.78, 5) is 16.2. The van der Waals surface area contributed by atoms with Crippen molar-refractivity contribution < 1.29 is 9.32 Å². The fourth-order valence-electron chi connectivity index (χ4n) is 2.62. The molecule has 1 N–H and O–H groups in total. The molecule has 0 radical (unpaired) electrons. The van der Waals surface area contributed by atoms with Crippen molar-refractivity contribution in [2.45, 2.75) is 13.0 Å². The van der Waals surface area contributed by atoms with Crippen LogP contribution < -0.4 is 5.32 Å². The number of amides is 1. The molecule has 25 heavy (non-hydrogen) atoms. The minimum Gasteiger partial charge on any atom is -0.356 e. The number of rotatable bonds is 5. The van der Waals surface area contributed by atoms with E-state index in [9.17, 15) is 4.79 Å². The highest BCUT2D eigenvalue weighted by molar-refractivity contribution is 5.94. The lowest BCUT2D eigenvalue weighted by molar-refractivity contribution is -0.115. The predicted octanol–water partition coefficient (Wildman–Crippen LogP) is 2.65. The van der Waals surface area contributed by atoms with Gasteiger partial charge in [-0.1, -0.05) is 29.4 Å². The number of anilines is 1. The number of benzene rings is 2. The molecule has 0 unspecified atom stereocenters. The molecule has 4 rings (SSSR count). The molecule has 0 saturated heterocycles. The lowest BCUT2D eigenvalue weighted by Gasteiger charge is -2.06. The molecule has 2 heterocycles. The highest BCUT2D eigenvalue weighted by atomic mass is 16.5. The zero-order valence-electron chi connectivity index (χ0n) is 13.3. The highest BCUT2D eigenvalue weighted by Crippen LogP contribution is 2.18. The van der Waals surface area contributed by atoms with Crippen molar-refractivity contribution in [1.82, 2.24) is 19.9 Å². The van der Waals surface area contributed by atoms with Gasteiger partial charge < -0.3 is 9.84 Å². The van der Waals surface area contributed by atoms with Crippen LogP contribution in [0.2, 0.25) is 0 Å². The molecule has 0 saturated carbocycles. The van der Waals surface area contributed by atoms with Gasteiger partial charge in [-0.3, -0.25) is 4.79 Å². The maximum atomic E-state index is 12.2. The van der Waals surface area contributed by atoms with Crippen LogP contribution in [0.5, 0.6) is 0 Å². The van der Waals surface area contributed by atoms with E-state index in [0.717, 1.165) is 16.6 Å². The first kappa shape index (κ1) is 15.1. The quantitative estimate of drug-likeness (QED) is 0.607. The van der Waals surface area contributed by atoms with E-state index in [2.05, 4.69) is 20.6 Å². The third-order valence-electron chi connectivity index (χ3n) is 3.83. The van der Waals surface area contributed by atoms with E-state index in [1.165, 1.54) is 6.33 Å². The number of carbonyl (C=O) groups excluding carboxylic acids is 1. The van der Waals surface area contributed by atoms with Gasteiger partial charge in [-0.2, -0.15) is 5.10 Å². The Kier molecular flexibility index (Phi) is 3.96. The number of para-hydroxylation sites is 1. The molecule has 0 fully saturated rings. The van der Waals surface area contributed by atoms with E-state index in [1.54, 1.807) is 11.0 Å². The van der Waals surface area contributed by atoms with E-state index >= 15 is 0 Å². The molecule has 0 spiro atoms. The van der Waals surface area contributed by atoms with Gasteiger partial charge >= 0.3 is 0 Å². The topological polar surface area (TPSA) is 85.8 Å². The fourth-order valence-corrected chi connectivity index (χ4v) is 2.62. The van der Waals surface area contributed by atoms with Crippen molar-refractivity contribution in [2.75, 3.05) is 5.32 Å². The molecular formula is C18H15N5O2. The van der Waals surface area contributed by atoms with Crippen LogP contribution in [0.25, 0.3) is 11.0 Å². The fraction of sp³-hybridized carbons (Fsp3) is 0.111. The lowest BCUT2D eigenvalue weighted by atomic mass is 10.1. The average molecular weight is 333 g/mol. The second-order valence-electron chi connectivity index (χ2n) is 5.64. The van der Waals surface area contributed by atoms with Gasteiger partial charge in [0.05, 0.1) is 13.0 Å². The third-order valence-corrected chi connectivity index (χ3v) is 3.83. The Bertz CT molecular complexity index is 990. The van der Waals surface area contributed by atoms with Crippen molar-refractivity contribution >= 4 is 22.6 Å². The number of nitrogens with one attached hydrogen (secondary N) is 1. The molecule has 4 aromatic rings. The summed E-state index contributed by atoms with van der Waals surface area (Å²) in [5.41, 5.74) is 3.13. The second-order valence-corrected chi connectivity index (χ2v) is 5.64. The van der Waals surface area contributed by atoms with Gasteiger partial charge in [-0.25, -0.2) is 9.67 Å². The molecule has 0 aliphatic carbocycles. The zero-order valence-corrected chi connectivity index (χ0v) is 13.3. The summed E-state index contributed by atoms with van der Waals surface area (Å²) in [7, 11) is 0. The van der Waals surface area contributed by atoms with Crippen molar-refractivity contribution in [2.24, 2.45) is 0 Å². The van der Waals surface area contributed by atoms with Gasteiger partial charge in [0.25, 0.3) is 0 Å². The van der Waals surface area contributed by atoms with Crippen LogP contribution in [0, 0.1) is 0 Å². The van der Waals surface area contributed by atoms with E-state index in [4.69, 9.17) is 4.52 Å². The molecule has 0 atom stereocenters. The van der Waals surface area contributed by atoms with Gasteiger partial charge in [0.1, 0.15) is 18.3 Å². The van der Waals surface area contributed by atoms with Gasteiger partial charge in [0.2, 0.25) is 5.91 Å². The first-order valence-electron chi connectivity index (χ1n) is 7.82. The van der Waals surface area contributed by atoms with Gasteiger partial charge in [-0.15, -0.1) is 0 Å². The Labute approximate surface area is 143 Å². The Morgan fingerprint density at radius 2 is 1.96 bits per heavy atom. The Hall–Kier alpha value is -3.48. The van der Waals surface area contributed by atoms with Crippen molar-refractivity contribution in [3.8, 4) is 0 Å². The van der Waals surface area contributed by atoms with Crippen LogP contribution in [0.15, 0.2) is 65.7 Å².